The lowest BCUT2D eigenvalue weighted by molar-refractivity contribution is -0.117. The minimum atomic E-state index is -0.486. The van der Waals surface area contributed by atoms with Crippen LogP contribution in [0.15, 0.2) is 49.1 Å². The van der Waals surface area contributed by atoms with Crippen molar-refractivity contribution >= 4 is 17.5 Å². The summed E-state index contributed by atoms with van der Waals surface area (Å²) in [5, 5.41) is 3.04. The van der Waals surface area contributed by atoms with Crippen LogP contribution in [0.2, 0.25) is 0 Å². The van der Waals surface area contributed by atoms with Crippen LogP contribution in [0.25, 0.3) is 11.4 Å². The molecular formula is C22H21FN6O. The molecule has 5 rings (SSSR count). The van der Waals surface area contributed by atoms with Gasteiger partial charge in [0, 0.05) is 29.7 Å². The first-order valence-corrected chi connectivity index (χ1v) is 10.0. The second-order valence-electron chi connectivity index (χ2n) is 7.86. The van der Waals surface area contributed by atoms with E-state index >= 15 is 0 Å². The summed E-state index contributed by atoms with van der Waals surface area (Å²) in [7, 11) is 0. The van der Waals surface area contributed by atoms with Gasteiger partial charge in [0.2, 0.25) is 11.9 Å². The van der Waals surface area contributed by atoms with Gasteiger partial charge in [-0.3, -0.25) is 4.79 Å². The van der Waals surface area contributed by atoms with E-state index in [2.05, 4.69) is 30.2 Å². The van der Waals surface area contributed by atoms with Gasteiger partial charge in [0.25, 0.3) is 0 Å². The molecule has 3 atom stereocenters. The third-order valence-corrected chi connectivity index (χ3v) is 6.05. The Labute approximate surface area is 173 Å². The Hall–Kier alpha value is -3.42. The van der Waals surface area contributed by atoms with Crippen LogP contribution in [0.1, 0.15) is 24.8 Å². The van der Waals surface area contributed by atoms with E-state index in [0.29, 0.717) is 29.4 Å². The Kier molecular flexibility index (Phi) is 4.61. The Morgan fingerprint density at radius 1 is 1.13 bits per heavy atom. The number of rotatable bonds is 4. The predicted octanol–water partition coefficient (Wildman–Crippen LogP) is 3.38. The molecule has 7 nitrogen and oxygen atoms in total. The fourth-order valence-electron chi connectivity index (χ4n) is 4.39. The summed E-state index contributed by atoms with van der Waals surface area (Å²) in [6.07, 6.45) is 8.68. The molecular weight excluding hydrogens is 383 g/mol. The maximum Gasteiger partial charge on any atom is 0.247 e. The summed E-state index contributed by atoms with van der Waals surface area (Å²) >= 11 is 0. The molecule has 1 aliphatic carbocycles. The number of carbonyl (C=O) groups is 1. The van der Waals surface area contributed by atoms with E-state index in [0.717, 1.165) is 42.8 Å². The van der Waals surface area contributed by atoms with Gasteiger partial charge in [-0.2, -0.15) is 0 Å². The molecule has 30 heavy (non-hydrogen) atoms. The van der Waals surface area contributed by atoms with Crippen LogP contribution < -0.4 is 10.2 Å². The van der Waals surface area contributed by atoms with Gasteiger partial charge in [-0.25, -0.2) is 24.3 Å². The lowest BCUT2D eigenvalue weighted by atomic mass is 9.80. The van der Waals surface area contributed by atoms with E-state index in [1.54, 1.807) is 18.5 Å². The van der Waals surface area contributed by atoms with Crippen LogP contribution in [0.4, 0.5) is 16.0 Å². The average molecular weight is 404 g/mol. The predicted molar refractivity (Wildman–Crippen MR) is 110 cm³/mol. The van der Waals surface area contributed by atoms with E-state index in [1.807, 2.05) is 25.1 Å². The minimum absolute atomic E-state index is 0.0771. The highest BCUT2D eigenvalue weighted by Crippen LogP contribution is 2.45. The molecule has 2 aromatic heterocycles. The normalized spacial score (nSPS) is 22.3. The molecule has 3 heterocycles. The molecule has 152 valence electrons. The molecule has 8 heteroatoms. The van der Waals surface area contributed by atoms with Crippen molar-refractivity contribution in [1.82, 2.24) is 19.9 Å². The van der Waals surface area contributed by atoms with Crippen LogP contribution in [0.3, 0.4) is 0 Å². The highest BCUT2D eigenvalue weighted by atomic mass is 19.1. The summed E-state index contributed by atoms with van der Waals surface area (Å²) in [4.78, 5) is 32.2. The van der Waals surface area contributed by atoms with E-state index < -0.39 is 5.82 Å². The number of hydrogen-bond acceptors (Lipinski definition) is 6. The number of aromatic nitrogens is 4. The summed E-state index contributed by atoms with van der Waals surface area (Å²) < 4.78 is 13.2. The first-order chi connectivity index (χ1) is 14.6. The molecule has 1 aliphatic heterocycles. The first-order valence-electron chi connectivity index (χ1n) is 10.0. The second-order valence-corrected chi connectivity index (χ2v) is 7.86. The van der Waals surface area contributed by atoms with Gasteiger partial charge in [-0.15, -0.1) is 0 Å². The lowest BCUT2D eigenvalue weighted by Gasteiger charge is -2.36. The number of fused-ring (bicyclic) bond motifs is 1. The molecule has 1 N–H and O–H groups in total. The SMILES string of the molecule is Cc1ccc(NC(=O)[C@@H]2C[C@@H]3CC[C@@H]3N2c2ncccn2)cc1-c1ncc(F)cn1. The van der Waals surface area contributed by atoms with Crippen LogP contribution in [0, 0.1) is 18.7 Å². The molecule has 0 unspecified atom stereocenters. The minimum Gasteiger partial charge on any atom is -0.326 e. The molecule has 0 bridgehead atoms. The van der Waals surface area contributed by atoms with Crippen molar-refractivity contribution < 1.29 is 9.18 Å². The lowest BCUT2D eigenvalue weighted by Crippen LogP contribution is -2.47. The number of carbonyl (C=O) groups excluding carboxylic acids is 1. The van der Waals surface area contributed by atoms with Gasteiger partial charge in [0.1, 0.15) is 6.04 Å². The van der Waals surface area contributed by atoms with Crippen LogP contribution in [0.5, 0.6) is 0 Å². The highest BCUT2D eigenvalue weighted by Gasteiger charge is 2.50. The third kappa shape index (κ3) is 3.28. The summed E-state index contributed by atoms with van der Waals surface area (Å²) in [5.74, 6) is 0.967. The molecule has 1 saturated carbocycles. The largest absolute Gasteiger partial charge is 0.326 e. The fraction of sp³-hybridized carbons (Fsp3) is 0.318. The Balaban J connectivity index is 1.40. The quantitative estimate of drug-likeness (QED) is 0.718. The number of hydrogen-bond donors (Lipinski definition) is 1. The Morgan fingerprint density at radius 2 is 1.90 bits per heavy atom. The number of aryl methyl sites for hydroxylation is 1. The van der Waals surface area contributed by atoms with Crippen molar-refractivity contribution in [3.8, 4) is 11.4 Å². The zero-order valence-electron chi connectivity index (χ0n) is 16.5. The number of anilines is 2. The summed E-state index contributed by atoms with van der Waals surface area (Å²) in [5.41, 5.74) is 2.35. The van der Waals surface area contributed by atoms with Crippen molar-refractivity contribution in [2.75, 3.05) is 10.2 Å². The van der Waals surface area contributed by atoms with E-state index in [4.69, 9.17) is 0 Å². The van der Waals surface area contributed by atoms with E-state index in [1.165, 1.54) is 0 Å². The van der Waals surface area contributed by atoms with Crippen LogP contribution >= 0.6 is 0 Å². The first kappa shape index (κ1) is 18.6. The Morgan fingerprint density at radius 3 is 2.60 bits per heavy atom. The summed E-state index contributed by atoms with van der Waals surface area (Å²) in [6.45, 7) is 1.93. The molecule has 2 aliphatic rings. The average Bonchev–Trinajstić information content (AvgIpc) is 3.01. The van der Waals surface area contributed by atoms with Gasteiger partial charge >= 0.3 is 0 Å². The number of amides is 1. The topological polar surface area (TPSA) is 83.9 Å². The highest BCUT2D eigenvalue weighted by molar-refractivity contribution is 5.97. The number of halogens is 1. The monoisotopic (exact) mass is 404 g/mol. The van der Waals surface area contributed by atoms with Crippen molar-refractivity contribution in [2.24, 2.45) is 5.92 Å². The van der Waals surface area contributed by atoms with Gasteiger partial charge in [-0.05, 0) is 55.9 Å². The smallest absolute Gasteiger partial charge is 0.247 e. The molecule has 0 radical (unpaired) electrons. The standard InChI is InChI=1S/C22H21FN6O/c1-13-3-5-16(10-17(13)20-26-11-15(23)12-27-20)28-21(30)19-9-14-4-6-18(14)29(19)22-24-7-2-8-25-22/h2-3,5,7-8,10-12,14,18-19H,4,6,9H2,1H3,(H,28,30)/t14-,18-,19-/m0/s1. The van der Waals surface area contributed by atoms with Gasteiger partial charge in [-0.1, -0.05) is 6.07 Å². The number of nitrogens with zero attached hydrogens (tertiary/aromatic N) is 5. The van der Waals surface area contributed by atoms with Crippen LogP contribution in [-0.2, 0) is 4.79 Å². The van der Waals surface area contributed by atoms with Gasteiger partial charge < -0.3 is 10.2 Å². The zero-order valence-corrected chi connectivity index (χ0v) is 16.5. The molecule has 1 aromatic carbocycles. The second kappa shape index (κ2) is 7.44. The molecule has 2 fully saturated rings. The van der Waals surface area contributed by atoms with E-state index in [-0.39, 0.29) is 11.9 Å². The summed E-state index contributed by atoms with van der Waals surface area (Å²) in [6, 6.07) is 7.37. The molecule has 0 spiro atoms. The molecule has 3 aromatic rings. The van der Waals surface area contributed by atoms with Crippen molar-refractivity contribution in [2.45, 2.75) is 38.3 Å². The maximum absolute atomic E-state index is 13.2. The van der Waals surface area contributed by atoms with Crippen molar-refractivity contribution in [3.05, 3.63) is 60.4 Å². The third-order valence-electron chi connectivity index (χ3n) is 6.05. The molecule has 1 amide bonds. The molecule has 1 saturated heterocycles. The fourth-order valence-corrected chi connectivity index (χ4v) is 4.39. The van der Waals surface area contributed by atoms with Gasteiger partial charge in [0.05, 0.1) is 12.4 Å². The van der Waals surface area contributed by atoms with Crippen molar-refractivity contribution in [1.29, 1.82) is 0 Å². The number of benzene rings is 1. The van der Waals surface area contributed by atoms with Crippen LogP contribution in [-0.4, -0.2) is 37.9 Å². The maximum atomic E-state index is 13.2. The Bertz CT molecular complexity index is 1070. The zero-order chi connectivity index (χ0) is 20.7. The van der Waals surface area contributed by atoms with E-state index in [9.17, 15) is 9.18 Å². The van der Waals surface area contributed by atoms with Gasteiger partial charge in [0.15, 0.2) is 11.6 Å². The van der Waals surface area contributed by atoms with Crippen molar-refractivity contribution in [3.63, 3.8) is 0 Å². The number of nitrogens with one attached hydrogen (secondary N) is 1.